The fraction of sp³-hybridized carbons (Fsp3) is 0.333. The third-order valence-corrected chi connectivity index (χ3v) is 4.57. The predicted molar refractivity (Wildman–Crippen MR) is 90.8 cm³/mol. The Morgan fingerprint density at radius 1 is 1.38 bits per heavy atom. The minimum Gasteiger partial charge on any atom is -0.331 e. The molecule has 1 saturated carbocycles. The lowest BCUT2D eigenvalue weighted by Gasteiger charge is -2.24. The molecule has 0 unspecified atom stereocenters. The summed E-state index contributed by atoms with van der Waals surface area (Å²) in [7, 11) is 0. The first-order valence-electron chi connectivity index (χ1n) is 7.83. The lowest BCUT2D eigenvalue weighted by Crippen LogP contribution is -2.37. The van der Waals surface area contributed by atoms with Crippen molar-refractivity contribution in [1.82, 2.24) is 9.88 Å². The molecule has 0 spiro atoms. The van der Waals surface area contributed by atoms with Gasteiger partial charge in [0.05, 0.1) is 6.54 Å². The molecule has 1 amide bonds. The lowest BCUT2D eigenvalue weighted by atomic mass is 10.1. The Hall–Kier alpha value is -2.14. The summed E-state index contributed by atoms with van der Waals surface area (Å²) >= 11 is 6.09. The van der Waals surface area contributed by atoms with E-state index in [2.05, 4.69) is 4.98 Å². The molecule has 0 aliphatic heterocycles. The molecule has 0 bridgehead atoms. The summed E-state index contributed by atoms with van der Waals surface area (Å²) in [6.45, 7) is 3.55. The number of aryl methyl sites for hydroxylation is 2. The van der Waals surface area contributed by atoms with Crippen molar-refractivity contribution >= 4 is 17.5 Å². The maximum atomic E-state index is 14.1. The Morgan fingerprint density at radius 3 is 2.67 bits per heavy atom. The Kier molecular flexibility index (Phi) is 4.45. The standard InChI is InChI=1S/C18H18ClFN2O2/c1-10-8-11(2)21-17(23)16(10)18(24)22(12-6-7-12)9-13-14(19)4-3-5-15(13)20/h3-5,8,12H,6-7,9H2,1-2H3,(H,21,23). The van der Waals surface area contributed by atoms with Gasteiger partial charge >= 0.3 is 0 Å². The van der Waals surface area contributed by atoms with E-state index in [1.54, 1.807) is 30.9 Å². The Balaban J connectivity index is 1.98. The second-order valence-electron chi connectivity index (χ2n) is 6.20. The summed E-state index contributed by atoms with van der Waals surface area (Å²) in [5, 5.41) is 0.281. The normalized spacial score (nSPS) is 13.8. The maximum Gasteiger partial charge on any atom is 0.261 e. The van der Waals surface area contributed by atoms with Crippen molar-refractivity contribution < 1.29 is 9.18 Å². The summed E-state index contributed by atoms with van der Waals surface area (Å²) in [6.07, 6.45) is 1.70. The zero-order valence-corrected chi connectivity index (χ0v) is 14.3. The van der Waals surface area contributed by atoms with E-state index in [1.165, 1.54) is 12.1 Å². The van der Waals surface area contributed by atoms with E-state index >= 15 is 0 Å². The molecule has 1 aromatic heterocycles. The summed E-state index contributed by atoms with van der Waals surface area (Å²) in [6, 6.07) is 6.23. The van der Waals surface area contributed by atoms with Crippen molar-refractivity contribution in [2.45, 2.75) is 39.3 Å². The zero-order chi connectivity index (χ0) is 17.4. The molecule has 1 fully saturated rings. The van der Waals surface area contributed by atoms with E-state index in [4.69, 9.17) is 11.6 Å². The van der Waals surface area contributed by atoms with Crippen LogP contribution in [0, 0.1) is 19.7 Å². The van der Waals surface area contributed by atoms with Gasteiger partial charge in [0, 0.05) is 22.3 Å². The molecule has 126 valence electrons. The molecule has 1 aliphatic carbocycles. The molecule has 3 rings (SSSR count). The molecule has 1 aromatic carbocycles. The van der Waals surface area contributed by atoms with Gasteiger partial charge in [-0.1, -0.05) is 17.7 Å². The minimum atomic E-state index is -0.449. The molecule has 2 aromatic rings. The number of nitrogens with zero attached hydrogens (tertiary/aromatic N) is 1. The average molecular weight is 349 g/mol. The molecule has 6 heteroatoms. The van der Waals surface area contributed by atoms with Crippen LogP contribution >= 0.6 is 11.6 Å². The Morgan fingerprint density at radius 2 is 2.08 bits per heavy atom. The number of nitrogens with one attached hydrogen (secondary N) is 1. The monoisotopic (exact) mass is 348 g/mol. The molecule has 24 heavy (non-hydrogen) atoms. The summed E-state index contributed by atoms with van der Waals surface area (Å²) in [5.41, 5.74) is 1.29. The van der Waals surface area contributed by atoms with Crippen molar-refractivity contribution in [2.24, 2.45) is 0 Å². The van der Waals surface area contributed by atoms with Gasteiger partial charge in [-0.25, -0.2) is 4.39 Å². The number of carbonyl (C=O) groups is 1. The number of pyridine rings is 1. The number of aromatic nitrogens is 1. The topological polar surface area (TPSA) is 53.2 Å². The van der Waals surface area contributed by atoms with Gasteiger partial charge in [0.1, 0.15) is 11.4 Å². The van der Waals surface area contributed by atoms with Crippen LogP contribution in [-0.2, 0) is 6.54 Å². The molecule has 1 aliphatic rings. The van der Waals surface area contributed by atoms with Crippen LogP contribution in [0.3, 0.4) is 0 Å². The van der Waals surface area contributed by atoms with Crippen LogP contribution in [-0.4, -0.2) is 21.8 Å². The fourth-order valence-corrected chi connectivity index (χ4v) is 3.09. The maximum absolute atomic E-state index is 14.1. The van der Waals surface area contributed by atoms with Gasteiger partial charge in [0.15, 0.2) is 0 Å². The number of halogens is 2. The summed E-state index contributed by atoms with van der Waals surface area (Å²) < 4.78 is 14.1. The van der Waals surface area contributed by atoms with Crippen LogP contribution in [0.2, 0.25) is 5.02 Å². The first kappa shape index (κ1) is 16.7. The Labute approximate surface area is 144 Å². The first-order chi connectivity index (χ1) is 11.4. The number of rotatable bonds is 4. The van der Waals surface area contributed by atoms with Gasteiger partial charge in [-0.05, 0) is 50.5 Å². The van der Waals surface area contributed by atoms with Gasteiger partial charge in [0.2, 0.25) is 0 Å². The van der Waals surface area contributed by atoms with Crippen LogP contribution < -0.4 is 5.56 Å². The number of hydrogen-bond acceptors (Lipinski definition) is 2. The Bertz CT molecular complexity index is 838. The fourth-order valence-electron chi connectivity index (χ4n) is 2.87. The van der Waals surface area contributed by atoms with Gasteiger partial charge in [0.25, 0.3) is 11.5 Å². The highest BCUT2D eigenvalue weighted by atomic mass is 35.5. The molecule has 4 nitrogen and oxygen atoms in total. The van der Waals surface area contributed by atoms with Gasteiger partial charge in [-0.2, -0.15) is 0 Å². The number of amides is 1. The van der Waals surface area contributed by atoms with Crippen molar-refractivity contribution in [3.8, 4) is 0 Å². The van der Waals surface area contributed by atoms with E-state index in [-0.39, 0.29) is 34.6 Å². The number of hydrogen-bond donors (Lipinski definition) is 1. The van der Waals surface area contributed by atoms with Gasteiger partial charge in [-0.15, -0.1) is 0 Å². The number of aromatic amines is 1. The number of carbonyl (C=O) groups excluding carboxylic acids is 1. The van der Waals surface area contributed by atoms with Crippen molar-refractivity contribution in [3.63, 3.8) is 0 Å². The summed E-state index contributed by atoms with van der Waals surface area (Å²) in [4.78, 5) is 29.4. The van der Waals surface area contributed by atoms with Crippen LogP contribution in [0.1, 0.15) is 40.0 Å². The third kappa shape index (κ3) is 3.22. The van der Waals surface area contributed by atoms with Crippen LogP contribution in [0.25, 0.3) is 0 Å². The van der Waals surface area contributed by atoms with Crippen molar-refractivity contribution in [2.75, 3.05) is 0 Å². The quantitative estimate of drug-likeness (QED) is 0.918. The SMILES string of the molecule is Cc1cc(C)c(C(=O)N(Cc2c(F)cccc2Cl)C2CC2)c(=O)[nH]1. The highest BCUT2D eigenvalue weighted by Crippen LogP contribution is 2.32. The number of H-pyrrole nitrogens is 1. The van der Waals surface area contributed by atoms with E-state index in [9.17, 15) is 14.0 Å². The highest BCUT2D eigenvalue weighted by Gasteiger charge is 2.35. The third-order valence-electron chi connectivity index (χ3n) is 4.22. The molecule has 0 atom stereocenters. The molecular weight excluding hydrogens is 331 g/mol. The molecule has 0 saturated heterocycles. The predicted octanol–water partition coefficient (Wildman–Crippen LogP) is 3.59. The van der Waals surface area contributed by atoms with E-state index < -0.39 is 11.4 Å². The second-order valence-corrected chi connectivity index (χ2v) is 6.61. The smallest absolute Gasteiger partial charge is 0.261 e. The molecular formula is C18H18ClFN2O2. The van der Waals surface area contributed by atoms with Gasteiger partial charge in [-0.3, -0.25) is 9.59 Å². The number of benzene rings is 1. The largest absolute Gasteiger partial charge is 0.331 e. The molecule has 1 N–H and O–H groups in total. The van der Waals surface area contributed by atoms with E-state index in [1.807, 2.05) is 0 Å². The molecule has 0 radical (unpaired) electrons. The minimum absolute atomic E-state index is 0.0216. The first-order valence-corrected chi connectivity index (χ1v) is 8.20. The van der Waals surface area contributed by atoms with Crippen LogP contribution in [0.5, 0.6) is 0 Å². The van der Waals surface area contributed by atoms with Crippen molar-refractivity contribution in [3.05, 3.63) is 67.8 Å². The zero-order valence-electron chi connectivity index (χ0n) is 13.5. The van der Waals surface area contributed by atoms with Crippen LogP contribution in [0.4, 0.5) is 4.39 Å². The molecule has 1 heterocycles. The average Bonchev–Trinajstić information content (AvgIpc) is 3.30. The lowest BCUT2D eigenvalue weighted by molar-refractivity contribution is 0.0725. The van der Waals surface area contributed by atoms with E-state index in [0.29, 0.717) is 11.3 Å². The van der Waals surface area contributed by atoms with Crippen molar-refractivity contribution in [1.29, 1.82) is 0 Å². The summed E-state index contributed by atoms with van der Waals surface area (Å²) in [5.74, 6) is -0.828. The van der Waals surface area contributed by atoms with Gasteiger partial charge < -0.3 is 9.88 Å². The second kappa shape index (κ2) is 6.40. The highest BCUT2D eigenvalue weighted by molar-refractivity contribution is 6.31. The van der Waals surface area contributed by atoms with E-state index in [0.717, 1.165) is 12.8 Å². The van der Waals surface area contributed by atoms with Crippen LogP contribution in [0.15, 0.2) is 29.1 Å².